The Balaban J connectivity index is 4.01. The second-order valence-corrected chi connectivity index (χ2v) is 32.6. The Morgan fingerprint density at radius 3 is 0.607 bits per heavy atom. The zero-order chi connectivity index (χ0) is 22.6. The van der Waals surface area contributed by atoms with Gasteiger partial charge in [0.15, 0.2) is 0 Å². The monoisotopic (exact) mass is 452 g/mol. The van der Waals surface area contributed by atoms with Crippen LogP contribution < -0.4 is 8.46 Å². The number of benzene rings is 1. The van der Waals surface area contributed by atoms with Gasteiger partial charge in [0.25, 0.3) is 0 Å². The van der Waals surface area contributed by atoms with E-state index in [0.717, 1.165) is 0 Å². The van der Waals surface area contributed by atoms with E-state index in [0.29, 0.717) is 0 Å². The van der Waals surface area contributed by atoms with Crippen molar-refractivity contribution in [3.05, 3.63) is 22.3 Å². The maximum absolute atomic E-state index is 2.92. The molecular formula is C22H48N2Si4. The van der Waals surface area contributed by atoms with Crippen molar-refractivity contribution in [2.45, 2.75) is 106 Å². The summed E-state index contributed by atoms with van der Waals surface area (Å²) in [4.78, 5) is 0. The maximum Gasteiger partial charge on any atom is 0.138 e. The Labute approximate surface area is 181 Å². The molecule has 0 spiro atoms. The van der Waals surface area contributed by atoms with Crippen LogP contribution in [0.5, 0.6) is 0 Å². The molecule has 1 aromatic carbocycles. The summed E-state index contributed by atoms with van der Waals surface area (Å²) in [6.07, 6.45) is 0. The Morgan fingerprint density at radius 1 is 0.357 bits per heavy atom. The minimum Gasteiger partial charge on any atom is -0.424 e. The van der Waals surface area contributed by atoms with Crippen molar-refractivity contribution in [3.8, 4) is 0 Å². The standard InChI is InChI=1S/C22H48N2Si4/c1-17-18(2)22(24(27(11,12)13)28(14,15)16)20(4)19(3)21(17)23(25(5,6)7)26(8,9)10/h1-16H3. The van der Waals surface area contributed by atoms with Crippen LogP contribution in [0.2, 0.25) is 78.6 Å². The molecule has 0 amide bonds. The average Bonchev–Trinajstić information content (AvgIpc) is 2.40. The highest BCUT2D eigenvalue weighted by atomic mass is 28.4. The molecule has 0 fully saturated rings. The first-order valence-corrected chi connectivity index (χ1v) is 24.6. The Kier molecular flexibility index (Phi) is 7.11. The third-order valence-corrected chi connectivity index (χ3v) is 20.0. The highest BCUT2D eigenvalue weighted by Crippen LogP contribution is 2.44. The second-order valence-electron chi connectivity index (χ2n) is 12.6. The van der Waals surface area contributed by atoms with E-state index >= 15 is 0 Å². The Morgan fingerprint density at radius 2 is 0.500 bits per heavy atom. The summed E-state index contributed by atoms with van der Waals surface area (Å²) in [5.74, 6) is 0. The molecule has 28 heavy (non-hydrogen) atoms. The molecule has 0 aromatic heterocycles. The van der Waals surface area contributed by atoms with Gasteiger partial charge in [0.05, 0.1) is 0 Å². The first-order chi connectivity index (χ1) is 12.1. The highest BCUT2D eigenvalue weighted by molar-refractivity contribution is 7.00. The van der Waals surface area contributed by atoms with E-state index in [1.54, 1.807) is 11.4 Å². The molecule has 0 heterocycles. The van der Waals surface area contributed by atoms with Crippen molar-refractivity contribution >= 4 is 44.3 Å². The molecule has 0 aliphatic rings. The van der Waals surface area contributed by atoms with Gasteiger partial charge in [-0.25, -0.2) is 0 Å². The van der Waals surface area contributed by atoms with E-state index in [9.17, 15) is 0 Å². The van der Waals surface area contributed by atoms with Crippen molar-refractivity contribution < 1.29 is 0 Å². The van der Waals surface area contributed by atoms with E-state index in [-0.39, 0.29) is 0 Å². The largest absolute Gasteiger partial charge is 0.424 e. The molecule has 2 nitrogen and oxygen atoms in total. The van der Waals surface area contributed by atoms with Crippen molar-refractivity contribution in [1.82, 2.24) is 0 Å². The van der Waals surface area contributed by atoms with Gasteiger partial charge in [-0.3, -0.25) is 0 Å². The van der Waals surface area contributed by atoms with Gasteiger partial charge in [-0.15, -0.1) is 0 Å². The van der Waals surface area contributed by atoms with Gasteiger partial charge in [-0.1, -0.05) is 78.6 Å². The maximum atomic E-state index is 2.92. The van der Waals surface area contributed by atoms with Crippen LogP contribution in [0.3, 0.4) is 0 Å². The van der Waals surface area contributed by atoms with E-state index in [4.69, 9.17) is 0 Å². The topological polar surface area (TPSA) is 6.48 Å². The van der Waals surface area contributed by atoms with Gasteiger partial charge in [-0.05, 0) is 49.9 Å². The molecule has 162 valence electrons. The lowest BCUT2D eigenvalue weighted by Gasteiger charge is -2.51. The molecule has 1 rings (SSSR count). The van der Waals surface area contributed by atoms with Crippen LogP contribution in [0.15, 0.2) is 0 Å². The smallest absolute Gasteiger partial charge is 0.138 e. The summed E-state index contributed by atoms with van der Waals surface area (Å²) in [6.45, 7) is 39.7. The van der Waals surface area contributed by atoms with Crippen molar-refractivity contribution in [2.24, 2.45) is 0 Å². The molecule has 0 saturated carbocycles. The third kappa shape index (κ3) is 5.05. The lowest BCUT2D eigenvalue weighted by atomic mass is 9.96. The molecular weight excluding hydrogens is 405 g/mol. The molecule has 1 aromatic rings. The molecule has 6 heteroatoms. The zero-order valence-corrected chi connectivity index (χ0v) is 25.9. The molecule has 0 aliphatic heterocycles. The van der Waals surface area contributed by atoms with E-state index in [1.807, 2.05) is 0 Å². The summed E-state index contributed by atoms with van der Waals surface area (Å²) in [6, 6.07) is 0. The van der Waals surface area contributed by atoms with Crippen LogP contribution >= 0.6 is 0 Å². The van der Waals surface area contributed by atoms with Crippen LogP contribution in [-0.4, -0.2) is 32.9 Å². The van der Waals surface area contributed by atoms with Gasteiger partial charge < -0.3 is 8.46 Å². The van der Waals surface area contributed by atoms with Crippen molar-refractivity contribution in [3.63, 3.8) is 0 Å². The number of hydrogen-bond acceptors (Lipinski definition) is 2. The van der Waals surface area contributed by atoms with Crippen molar-refractivity contribution in [2.75, 3.05) is 8.46 Å². The van der Waals surface area contributed by atoms with Gasteiger partial charge in [-0.2, -0.15) is 0 Å². The summed E-state index contributed by atoms with van der Waals surface area (Å²) in [7, 11) is -5.96. The quantitative estimate of drug-likeness (QED) is 0.405. The fourth-order valence-corrected chi connectivity index (χ4v) is 25.4. The second kappa shape index (κ2) is 7.74. The molecule has 0 saturated heterocycles. The summed E-state index contributed by atoms with van der Waals surface area (Å²) in [5, 5.41) is 0. The van der Waals surface area contributed by atoms with Gasteiger partial charge >= 0.3 is 0 Å². The summed E-state index contributed by atoms with van der Waals surface area (Å²) in [5.41, 5.74) is 9.19. The van der Waals surface area contributed by atoms with E-state index < -0.39 is 32.9 Å². The number of nitrogens with zero attached hydrogens (tertiary/aromatic N) is 2. The third-order valence-electron chi connectivity index (χ3n) is 5.68. The Bertz CT molecular complexity index is 609. The molecule has 0 unspecified atom stereocenters. The number of rotatable bonds is 6. The normalized spacial score (nSPS) is 13.7. The first-order valence-electron chi connectivity index (χ1n) is 10.8. The number of hydrogen-bond donors (Lipinski definition) is 0. The first kappa shape index (κ1) is 25.7. The lowest BCUT2D eigenvalue weighted by Crippen LogP contribution is -2.61. The SMILES string of the molecule is Cc1c(C)c(N([Si](C)(C)C)[Si](C)(C)C)c(C)c(C)c1N([Si](C)(C)C)[Si](C)(C)C. The van der Waals surface area contributed by atoms with Crippen LogP contribution in [-0.2, 0) is 0 Å². The lowest BCUT2D eigenvalue weighted by molar-refractivity contribution is 1.17. The van der Waals surface area contributed by atoms with Crippen LogP contribution in [0.1, 0.15) is 22.3 Å². The van der Waals surface area contributed by atoms with E-state index in [1.165, 1.54) is 22.3 Å². The van der Waals surface area contributed by atoms with Gasteiger partial charge in [0, 0.05) is 11.4 Å². The summed E-state index contributed by atoms with van der Waals surface area (Å²) >= 11 is 0. The molecule has 0 atom stereocenters. The molecule has 0 bridgehead atoms. The zero-order valence-electron chi connectivity index (χ0n) is 21.9. The molecule has 0 aliphatic carbocycles. The predicted molar refractivity (Wildman–Crippen MR) is 144 cm³/mol. The average molecular weight is 453 g/mol. The fraction of sp³-hybridized carbons (Fsp3) is 0.727. The Hall–Kier alpha value is -0.312. The van der Waals surface area contributed by atoms with Crippen LogP contribution in [0.25, 0.3) is 0 Å². The number of anilines is 2. The summed E-state index contributed by atoms with van der Waals surface area (Å²) < 4.78 is 5.84. The predicted octanol–water partition coefficient (Wildman–Crippen LogP) is 7.87. The van der Waals surface area contributed by atoms with Gasteiger partial charge in [0.2, 0.25) is 0 Å². The molecule has 0 N–H and O–H groups in total. The van der Waals surface area contributed by atoms with Gasteiger partial charge in [0.1, 0.15) is 32.9 Å². The van der Waals surface area contributed by atoms with Crippen molar-refractivity contribution in [1.29, 1.82) is 0 Å². The minimum atomic E-state index is -1.49. The fourth-order valence-electron chi connectivity index (χ4n) is 5.30. The van der Waals surface area contributed by atoms with E-state index in [2.05, 4.69) is 115 Å². The molecule has 0 radical (unpaired) electrons. The van der Waals surface area contributed by atoms with Crippen LogP contribution in [0, 0.1) is 27.7 Å². The highest BCUT2D eigenvalue weighted by Gasteiger charge is 2.40. The van der Waals surface area contributed by atoms with Crippen LogP contribution in [0.4, 0.5) is 11.4 Å². The minimum absolute atomic E-state index is 1.49.